The van der Waals surface area contributed by atoms with Gasteiger partial charge in [0.05, 0.1) is 5.02 Å². The molecule has 4 nitrogen and oxygen atoms in total. The molecule has 6 heteroatoms. The number of thiophene rings is 1. The number of benzene rings is 2. The van der Waals surface area contributed by atoms with Gasteiger partial charge in [-0.3, -0.25) is 4.79 Å². The molecule has 4 rings (SSSR count). The van der Waals surface area contributed by atoms with Crippen LogP contribution < -0.4 is 0 Å². The molecule has 26 heavy (non-hydrogen) atoms. The average molecular weight is 386 g/mol. The zero-order valence-corrected chi connectivity index (χ0v) is 15.5. The highest BCUT2D eigenvalue weighted by Gasteiger charge is 2.23. The van der Waals surface area contributed by atoms with Gasteiger partial charge in [0.25, 0.3) is 5.91 Å². The van der Waals surface area contributed by atoms with Gasteiger partial charge >= 0.3 is 5.97 Å². The van der Waals surface area contributed by atoms with Crippen LogP contribution in [0.4, 0.5) is 0 Å². The molecular formula is C20H16ClNO3S. The summed E-state index contributed by atoms with van der Waals surface area (Å²) in [6.07, 6.45) is 0.817. The normalized spacial score (nSPS) is 13.5. The summed E-state index contributed by atoms with van der Waals surface area (Å²) in [5.41, 5.74) is 2.41. The maximum Gasteiger partial charge on any atom is 0.350 e. The van der Waals surface area contributed by atoms with Gasteiger partial charge in [-0.15, -0.1) is 11.3 Å². The first kappa shape index (κ1) is 17.1. The molecule has 2 aromatic carbocycles. The summed E-state index contributed by atoms with van der Waals surface area (Å²) in [5.74, 6) is -0.743. The fourth-order valence-corrected chi connectivity index (χ4v) is 4.54. The van der Waals surface area contributed by atoms with Crippen LogP contribution in [0.15, 0.2) is 48.5 Å². The van der Waals surface area contributed by atoms with Crippen LogP contribution >= 0.6 is 22.9 Å². The minimum absolute atomic E-state index is 0.190. The van der Waals surface area contributed by atoms with Gasteiger partial charge in [0.1, 0.15) is 4.88 Å². The van der Waals surface area contributed by atoms with Crippen molar-refractivity contribution in [3.63, 3.8) is 0 Å². The molecule has 0 N–H and O–H groups in total. The van der Waals surface area contributed by atoms with Crippen molar-refractivity contribution in [2.75, 3.05) is 13.2 Å². The minimum Gasteiger partial charge on any atom is -0.451 e. The summed E-state index contributed by atoms with van der Waals surface area (Å²) >= 11 is 7.57. The molecule has 0 fully saturated rings. The highest BCUT2D eigenvalue weighted by Crippen LogP contribution is 2.35. The van der Waals surface area contributed by atoms with E-state index in [0.29, 0.717) is 23.0 Å². The van der Waals surface area contributed by atoms with Gasteiger partial charge in [-0.25, -0.2) is 4.79 Å². The Morgan fingerprint density at radius 1 is 1.08 bits per heavy atom. The van der Waals surface area contributed by atoms with Crippen LogP contribution in [0.25, 0.3) is 10.1 Å². The van der Waals surface area contributed by atoms with E-state index in [2.05, 4.69) is 6.07 Å². The molecule has 0 spiro atoms. The molecule has 0 atom stereocenters. The van der Waals surface area contributed by atoms with Gasteiger partial charge in [0, 0.05) is 23.2 Å². The second-order valence-corrected chi connectivity index (χ2v) is 7.58. The van der Waals surface area contributed by atoms with Crippen molar-refractivity contribution >= 4 is 44.9 Å². The van der Waals surface area contributed by atoms with Crippen molar-refractivity contribution in [3.05, 3.63) is 69.6 Å². The predicted molar refractivity (Wildman–Crippen MR) is 103 cm³/mol. The zero-order chi connectivity index (χ0) is 18.1. The van der Waals surface area contributed by atoms with E-state index in [1.54, 1.807) is 4.90 Å². The maximum absolute atomic E-state index is 12.4. The van der Waals surface area contributed by atoms with Crippen LogP contribution in [-0.2, 0) is 22.5 Å². The van der Waals surface area contributed by atoms with Crippen LogP contribution in [0.1, 0.15) is 20.8 Å². The summed E-state index contributed by atoms with van der Waals surface area (Å²) in [5, 5.41) is 1.21. The van der Waals surface area contributed by atoms with E-state index in [1.807, 2.05) is 42.5 Å². The molecule has 0 unspecified atom stereocenters. The Morgan fingerprint density at radius 2 is 1.81 bits per heavy atom. The van der Waals surface area contributed by atoms with E-state index in [0.717, 1.165) is 22.1 Å². The Balaban J connectivity index is 1.41. The first-order valence-electron chi connectivity index (χ1n) is 8.32. The third kappa shape index (κ3) is 3.20. The van der Waals surface area contributed by atoms with Crippen molar-refractivity contribution in [2.45, 2.75) is 13.0 Å². The number of fused-ring (bicyclic) bond motifs is 2. The smallest absolute Gasteiger partial charge is 0.350 e. The Bertz CT molecular complexity index is 998. The Labute approximate surface area is 159 Å². The van der Waals surface area contributed by atoms with Crippen molar-refractivity contribution in [3.8, 4) is 0 Å². The molecule has 132 valence electrons. The number of ether oxygens (including phenoxy) is 1. The summed E-state index contributed by atoms with van der Waals surface area (Å²) in [6, 6.07) is 15.6. The van der Waals surface area contributed by atoms with E-state index in [1.165, 1.54) is 16.9 Å². The summed E-state index contributed by atoms with van der Waals surface area (Å²) < 4.78 is 6.16. The minimum atomic E-state index is -0.554. The second kappa shape index (κ2) is 7.09. The lowest BCUT2D eigenvalue weighted by Crippen LogP contribution is -2.38. The lowest BCUT2D eigenvalue weighted by molar-refractivity contribution is -0.135. The van der Waals surface area contributed by atoms with Crippen LogP contribution in [0.5, 0.6) is 0 Å². The Morgan fingerprint density at radius 3 is 2.62 bits per heavy atom. The number of hydrogen-bond acceptors (Lipinski definition) is 4. The standard InChI is InChI=1S/C20H16ClNO3S/c21-18-15-7-3-4-8-16(15)26-19(18)20(24)25-12-17(23)22-10-9-13-5-1-2-6-14(13)11-22/h1-8H,9-12H2. The number of carbonyl (C=O) groups excluding carboxylic acids is 2. The monoisotopic (exact) mass is 385 g/mol. The molecular weight excluding hydrogens is 370 g/mol. The summed E-state index contributed by atoms with van der Waals surface area (Å²) in [4.78, 5) is 26.8. The molecule has 1 aliphatic heterocycles. The SMILES string of the molecule is O=C(OCC(=O)N1CCc2ccccc2C1)c1sc2ccccc2c1Cl. The molecule has 3 aromatic rings. The quantitative estimate of drug-likeness (QED) is 0.631. The molecule has 0 saturated carbocycles. The fraction of sp³-hybridized carbons (Fsp3) is 0.200. The third-order valence-corrected chi connectivity index (χ3v) is 6.19. The number of esters is 1. The fourth-order valence-electron chi connectivity index (χ4n) is 3.14. The van der Waals surface area contributed by atoms with Crippen molar-refractivity contribution in [1.82, 2.24) is 4.90 Å². The summed E-state index contributed by atoms with van der Waals surface area (Å²) in [7, 11) is 0. The number of halogens is 1. The van der Waals surface area contributed by atoms with Gasteiger partial charge in [-0.2, -0.15) is 0 Å². The van der Waals surface area contributed by atoms with Crippen LogP contribution in [0, 0.1) is 0 Å². The van der Waals surface area contributed by atoms with Crippen molar-refractivity contribution in [1.29, 1.82) is 0 Å². The molecule has 2 heterocycles. The Kier molecular flexibility index (Phi) is 4.66. The van der Waals surface area contributed by atoms with Gasteiger partial charge in [0.2, 0.25) is 0 Å². The molecule has 1 amide bonds. The van der Waals surface area contributed by atoms with E-state index in [9.17, 15) is 9.59 Å². The second-order valence-electron chi connectivity index (χ2n) is 6.15. The first-order valence-corrected chi connectivity index (χ1v) is 9.51. The molecule has 1 aliphatic rings. The van der Waals surface area contributed by atoms with Gasteiger partial charge in [-0.1, -0.05) is 54.1 Å². The number of amides is 1. The number of carbonyl (C=O) groups is 2. The van der Waals surface area contributed by atoms with Crippen LogP contribution in [-0.4, -0.2) is 29.9 Å². The topological polar surface area (TPSA) is 46.6 Å². The van der Waals surface area contributed by atoms with Crippen LogP contribution in [0.3, 0.4) is 0 Å². The lowest BCUT2D eigenvalue weighted by atomic mass is 10.00. The van der Waals surface area contributed by atoms with Crippen LogP contribution in [0.2, 0.25) is 5.02 Å². The maximum atomic E-state index is 12.4. The highest BCUT2D eigenvalue weighted by molar-refractivity contribution is 7.21. The summed E-state index contributed by atoms with van der Waals surface area (Å²) in [6.45, 7) is 0.915. The molecule has 0 bridgehead atoms. The number of rotatable bonds is 3. The van der Waals surface area contributed by atoms with E-state index < -0.39 is 5.97 Å². The van der Waals surface area contributed by atoms with Crippen molar-refractivity contribution in [2.24, 2.45) is 0 Å². The average Bonchev–Trinajstić information content (AvgIpc) is 3.02. The number of nitrogens with zero attached hydrogens (tertiary/aromatic N) is 1. The van der Waals surface area contributed by atoms with E-state index in [4.69, 9.17) is 16.3 Å². The van der Waals surface area contributed by atoms with Gasteiger partial charge in [-0.05, 0) is 23.6 Å². The third-order valence-electron chi connectivity index (χ3n) is 4.53. The number of hydrogen-bond donors (Lipinski definition) is 0. The van der Waals surface area contributed by atoms with Gasteiger partial charge < -0.3 is 9.64 Å². The highest BCUT2D eigenvalue weighted by atomic mass is 35.5. The predicted octanol–water partition coefficient (Wildman–Crippen LogP) is 4.30. The lowest BCUT2D eigenvalue weighted by Gasteiger charge is -2.28. The first-order chi connectivity index (χ1) is 12.6. The van der Waals surface area contributed by atoms with E-state index >= 15 is 0 Å². The largest absolute Gasteiger partial charge is 0.451 e. The molecule has 0 radical (unpaired) electrons. The molecule has 0 saturated heterocycles. The zero-order valence-electron chi connectivity index (χ0n) is 13.9. The van der Waals surface area contributed by atoms with E-state index in [-0.39, 0.29) is 12.5 Å². The van der Waals surface area contributed by atoms with Gasteiger partial charge in [0.15, 0.2) is 6.61 Å². The molecule has 1 aromatic heterocycles. The molecule has 0 aliphatic carbocycles. The Hall–Kier alpha value is -2.37. The van der Waals surface area contributed by atoms with Crippen molar-refractivity contribution < 1.29 is 14.3 Å².